The Morgan fingerprint density at radius 3 is 2.88 bits per heavy atom. The molecule has 1 amide bonds. The number of benzene rings is 1. The first-order valence-corrected chi connectivity index (χ1v) is 5.39. The molecule has 0 bridgehead atoms. The molecular weight excluding hydrogens is 204 g/mol. The fraction of sp³-hybridized carbons (Fsp3) is 0.417. The Kier molecular flexibility index (Phi) is 5.36. The van der Waals surface area contributed by atoms with Gasteiger partial charge in [0.15, 0.2) is 0 Å². The smallest absolute Gasteiger partial charge is 0.223 e. The van der Waals surface area contributed by atoms with Crippen LogP contribution in [0, 0.1) is 6.92 Å². The number of nitrogens with two attached hydrogens (primary N) is 1. The van der Waals surface area contributed by atoms with Crippen molar-refractivity contribution < 1.29 is 9.53 Å². The summed E-state index contributed by atoms with van der Waals surface area (Å²) in [6.45, 7) is 3.35. The van der Waals surface area contributed by atoms with Crippen molar-refractivity contribution in [3.63, 3.8) is 0 Å². The Labute approximate surface area is 95.8 Å². The van der Waals surface area contributed by atoms with Crippen LogP contribution in [-0.2, 0) is 4.79 Å². The van der Waals surface area contributed by atoms with Crippen LogP contribution in [0.4, 0.5) is 0 Å². The lowest BCUT2D eigenvalue weighted by atomic mass is 10.2. The number of aryl methyl sites for hydroxylation is 1. The minimum absolute atomic E-state index is 0.0287. The molecule has 0 aliphatic carbocycles. The van der Waals surface area contributed by atoms with Crippen LogP contribution in [0.25, 0.3) is 0 Å². The van der Waals surface area contributed by atoms with E-state index in [1.54, 1.807) is 0 Å². The van der Waals surface area contributed by atoms with Crippen LogP contribution in [0.15, 0.2) is 24.3 Å². The maximum Gasteiger partial charge on any atom is 0.223 e. The molecule has 0 saturated heterocycles. The lowest BCUT2D eigenvalue weighted by Crippen LogP contribution is -2.29. The molecule has 0 fully saturated rings. The largest absolute Gasteiger partial charge is 0.493 e. The standard InChI is InChI=1S/C12H18N2O2/c1-10-4-2-3-5-11(10)16-9-6-12(15)14-8-7-13/h2-5H,6-9,13H2,1H3,(H,14,15). The van der Waals surface area contributed by atoms with Crippen molar-refractivity contribution in [1.29, 1.82) is 0 Å². The van der Waals surface area contributed by atoms with Crippen molar-refractivity contribution in [2.24, 2.45) is 5.73 Å². The average molecular weight is 222 g/mol. The van der Waals surface area contributed by atoms with E-state index in [0.29, 0.717) is 26.1 Å². The second kappa shape index (κ2) is 6.85. The fourth-order valence-corrected chi connectivity index (χ4v) is 1.27. The van der Waals surface area contributed by atoms with Gasteiger partial charge in [-0.3, -0.25) is 4.79 Å². The van der Waals surface area contributed by atoms with Crippen LogP contribution in [0.2, 0.25) is 0 Å². The van der Waals surface area contributed by atoms with Gasteiger partial charge in [-0.1, -0.05) is 18.2 Å². The van der Waals surface area contributed by atoms with Crippen molar-refractivity contribution in [3.05, 3.63) is 29.8 Å². The first-order chi connectivity index (χ1) is 7.74. The Balaban J connectivity index is 2.25. The van der Waals surface area contributed by atoms with Crippen LogP contribution in [-0.4, -0.2) is 25.6 Å². The number of ether oxygens (including phenoxy) is 1. The Hall–Kier alpha value is -1.55. The molecule has 0 saturated carbocycles. The number of para-hydroxylation sites is 1. The molecule has 3 N–H and O–H groups in total. The van der Waals surface area contributed by atoms with Crippen molar-refractivity contribution in [3.8, 4) is 5.75 Å². The van der Waals surface area contributed by atoms with E-state index in [4.69, 9.17) is 10.5 Å². The van der Waals surface area contributed by atoms with Gasteiger partial charge >= 0.3 is 0 Å². The monoisotopic (exact) mass is 222 g/mol. The van der Waals surface area contributed by atoms with Gasteiger partial charge in [0, 0.05) is 13.1 Å². The fourth-order valence-electron chi connectivity index (χ4n) is 1.27. The normalized spacial score (nSPS) is 9.88. The first-order valence-electron chi connectivity index (χ1n) is 5.39. The van der Waals surface area contributed by atoms with E-state index in [2.05, 4.69) is 5.32 Å². The number of hydrogen-bond acceptors (Lipinski definition) is 3. The second-order valence-corrected chi connectivity index (χ2v) is 3.50. The molecule has 0 aliphatic rings. The lowest BCUT2D eigenvalue weighted by Gasteiger charge is -2.08. The van der Waals surface area contributed by atoms with Crippen LogP contribution < -0.4 is 15.8 Å². The second-order valence-electron chi connectivity index (χ2n) is 3.50. The highest BCUT2D eigenvalue weighted by atomic mass is 16.5. The predicted octanol–water partition coefficient (Wildman–Crippen LogP) is 0.839. The molecule has 0 heterocycles. The van der Waals surface area contributed by atoms with Crippen molar-refractivity contribution in [2.45, 2.75) is 13.3 Å². The Morgan fingerprint density at radius 2 is 2.19 bits per heavy atom. The summed E-state index contributed by atoms with van der Waals surface area (Å²) >= 11 is 0. The zero-order valence-electron chi connectivity index (χ0n) is 9.53. The number of carbonyl (C=O) groups excluding carboxylic acids is 1. The third-order valence-electron chi connectivity index (χ3n) is 2.15. The van der Waals surface area contributed by atoms with Crippen LogP contribution >= 0.6 is 0 Å². The zero-order chi connectivity index (χ0) is 11.8. The molecule has 1 rings (SSSR count). The minimum atomic E-state index is -0.0287. The van der Waals surface area contributed by atoms with Crippen LogP contribution in [0.3, 0.4) is 0 Å². The van der Waals surface area contributed by atoms with E-state index >= 15 is 0 Å². The summed E-state index contributed by atoms with van der Waals surface area (Å²) in [5, 5.41) is 2.69. The topological polar surface area (TPSA) is 64.3 Å². The Morgan fingerprint density at radius 1 is 1.44 bits per heavy atom. The number of nitrogens with one attached hydrogen (secondary N) is 1. The summed E-state index contributed by atoms with van der Waals surface area (Å²) < 4.78 is 5.50. The summed E-state index contributed by atoms with van der Waals surface area (Å²) in [5.41, 5.74) is 6.34. The highest BCUT2D eigenvalue weighted by molar-refractivity contribution is 5.75. The van der Waals surface area contributed by atoms with E-state index in [1.165, 1.54) is 0 Å². The third-order valence-corrected chi connectivity index (χ3v) is 2.15. The predicted molar refractivity (Wildman–Crippen MR) is 63.4 cm³/mol. The van der Waals surface area contributed by atoms with Gasteiger partial charge < -0.3 is 15.8 Å². The van der Waals surface area contributed by atoms with Gasteiger partial charge in [0.25, 0.3) is 0 Å². The van der Waals surface area contributed by atoms with E-state index < -0.39 is 0 Å². The summed E-state index contributed by atoms with van der Waals surface area (Å²) in [7, 11) is 0. The summed E-state index contributed by atoms with van der Waals surface area (Å²) in [6, 6.07) is 7.74. The van der Waals surface area contributed by atoms with Crippen LogP contribution in [0.5, 0.6) is 5.75 Å². The SMILES string of the molecule is Cc1ccccc1OCCC(=O)NCCN. The maximum absolute atomic E-state index is 11.2. The molecule has 0 spiro atoms. The summed E-state index contributed by atoms with van der Waals surface area (Å²) in [5.74, 6) is 0.799. The molecule has 16 heavy (non-hydrogen) atoms. The van der Waals surface area contributed by atoms with Gasteiger partial charge in [-0.2, -0.15) is 0 Å². The number of rotatable bonds is 6. The van der Waals surface area contributed by atoms with Crippen LogP contribution in [0.1, 0.15) is 12.0 Å². The molecule has 0 aromatic heterocycles. The molecule has 1 aromatic rings. The van der Waals surface area contributed by atoms with Crippen molar-refractivity contribution in [2.75, 3.05) is 19.7 Å². The van der Waals surface area contributed by atoms with Gasteiger partial charge in [-0.05, 0) is 18.6 Å². The minimum Gasteiger partial charge on any atom is -0.493 e. The Bertz CT molecular complexity index is 340. The maximum atomic E-state index is 11.2. The summed E-state index contributed by atoms with van der Waals surface area (Å²) in [6.07, 6.45) is 0.355. The molecule has 0 unspecified atom stereocenters. The van der Waals surface area contributed by atoms with Gasteiger partial charge in [-0.15, -0.1) is 0 Å². The quantitative estimate of drug-likeness (QED) is 0.749. The molecule has 0 radical (unpaired) electrons. The van der Waals surface area contributed by atoms with Gasteiger partial charge in [0.1, 0.15) is 5.75 Å². The van der Waals surface area contributed by atoms with Gasteiger partial charge in [0.05, 0.1) is 13.0 Å². The first kappa shape index (κ1) is 12.5. The number of hydrogen-bond donors (Lipinski definition) is 2. The zero-order valence-corrected chi connectivity index (χ0v) is 9.53. The molecule has 88 valence electrons. The van der Waals surface area contributed by atoms with Gasteiger partial charge in [-0.25, -0.2) is 0 Å². The lowest BCUT2D eigenvalue weighted by molar-refractivity contribution is -0.121. The van der Waals surface area contributed by atoms with E-state index in [-0.39, 0.29) is 5.91 Å². The number of carbonyl (C=O) groups is 1. The van der Waals surface area contributed by atoms with E-state index in [0.717, 1.165) is 11.3 Å². The molecule has 4 nitrogen and oxygen atoms in total. The molecule has 4 heteroatoms. The van der Waals surface area contributed by atoms with Gasteiger partial charge in [0.2, 0.25) is 5.91 Å². The molecular formula is C12H18N2O2. The molecule has 1 aromatic carbocycles. The molecule has 0 atom stereocenters. The highest BCUT2D eigenvalue weighted by Gasteiger charge is 2.01. The van der Waals surface area contributed by atoms with Crippen molar-refractivity contribution >= 4 is 5.91 Å². The highest BCUT2D eigenvalue weighted by Crippen LogP contribution is 2.15. The molecule has 0 aliphatic heterocycles. The third kappa shape index (κ3) is 4.31. The average Bonchev–Trinajstić information content (AvgIpc) is 2.29. The summed E-state index contributed by atoms with van der Waals surface area (Å²) in [4.78, 5) is 11.2. The number of amides is 1. The van der Waals surface area contributed by atoms with Crippen molar-refractivity contribution in [1.82, 2.24) is 5.32 Å². The van der Waals surface area contributed by atoms with E-state index in [9.17, 15) is 4.79 Å². The van der Waals surface area contributed by atoms with E-state index in [1.807, 2.05) is 31.2 Å².